The summed E-state index contributed by atoms with van der Waals surface area (Å²) < 4.78 is 11.5. The Hall–Kier alpha value is -4.37. The molecule has 44 heavy (non-hydrogen) atoms. The van der Waals surface area contributed by atoms with Crippen molar-refractivity contribution in [3.63, 3.8) is 0 Å². The van der Waals surface area contributed by atoms with Crippen molar-refractivity contribution in [1.29, 1.82) is 0 Å². The van der Waals surface area contributed by atoms with Gasteiger partial charge in [0.2, 0.25) is 0 Å². The maximum atomic E-state index is 13.7. The van der Waals surface area contributed by atoms with E-state index >= 15 is 0 Å². The molecule has 2 amide bonds. The second-order valence-electron chi connectivity index (χ2n) is 12.0. The predicted molar refractivity (Wildman–Crippen MR) is 172 cm³/mol. The lowest BCUT2D eigenvalue weighted by atomic mass is 10.0. The second kappa shape index (κ2) is 14.9. The van der Waals surface area contributed by atoms with Crippen LogP contribution in [-0.2, 0) is 11.2 Å². The third-order valence-electron chi connectivity index (χ3n) is 7.39. The molecular weight excluding hydrogens is 558 g/mol. The number of carboxylic acids is 1. The highest BCUT2D eigenvalue weighted by atomic mass is 16.6. The standard InChI is InChI=1S/C35H43N3O6/c1-5-6-22-43-31-15-12-25(16-17-37-18-20-38(21-19-37)34(42)44-35(2,3)4)23-29(31)32(39)36-30-24-27(13-14-28(30)33(40)41)26-10-8-7-9-11-26/h7-15,23-24H,5-6,16-22H2,1-4H3,(H,36,39)(H,40,41). The summed E-state index contributed by atoms with van der Waals surface area (Å²) in [5.74, 6) is -1.10. The molecule has 0 aliphatic carbocycles. The number of hydrogen-bond donors (Lipinski definition) is 2. The Balaban J connectivity index is 1.48. The minimum atomic E-state index is -1.13. The van der Waals surface area contributed by atoms with Crippen LogP contribution in [0.15, 0.2) is 66.7 Å². The van der Waals surface area contributed by atoms with Crippen LogP contribution in [0.25, 0.3) is 11.1 Å². The first-order valence-electron chi connectivity index (χ1n) is 15.2. The number of carbonyl (C=O) groups is 3. The van der Waals surface area contributed by atoms with Crippen LogP contribution < -0.4 is 10.1 Å². The van der Waals surface area contributed by atoms with Crippen molar-refractivity contribution in [2.24, 2.45) is 0 Å². The number of aromatic carboxylic acids is 1. The van der Waals surface area contributed by atoms with Gasteiger partial charge < -0.3 is 24.8 Å². The lowest BCUT2D eigenvalue weighted by molar-refractivity contribution is 0.0146. The zero-order valence-electron chi connectivity index (χ0n) is 26.1. The van der Waals surface area contributed by atoms with Crippen LogP contribution in [0.4, 0.5) is 10.5 Å². The largest absolute Gasteiger partial charge is 0.493 e. The van der Waals surface area contributed by atoms with Gasteiger partial charge in [0.1, 0.15) is 11.4 Å². The number of ether oxygens (including phenoxy) is 2. The molecular formula is C35H43N3O6. The van der Waals surface area contributed by atoms with E-state index < -0.39 is 17.5 Å². The van der Waals surface area contributed by atoms with E-state index in [1.54, 1.807) is 17.0 Å². The molecule has 3 aromatic rings. The molecule has 0 radical (unpaired) electrons. The molecule has 0 spiro atoms. The van der Waals surface area contributed by atoms with Gasteiger partial charge in [-0.05, 0) is 74.6 Å². The molecule has 0 unspecified atom stereocenters. The summed E-state index contributed by atoms with van der Waals surface area (Å²) in [6.07, 6.45) is 2.22. The lowest BCUT2D eigenvalue weighted by Gasteiger charge is -2.35. The molecule has 3 aromatic carbocycles. The topological polar surface area (TPSA) is 108 Å². The van der Waals surface area contributed by atoms with Gasteiger partial charge in [0, 0.05) is 32.7 Å². The molecule has 2 N–H and O–H groups in total. The van der Waals surface area contributed by atoms with Crippen LogP contribution in [0.5, 0.6) is 5.75 Å². The SMILES string of the molecule is CCCCOc1ccc(CCN2CCN(C(=O)OC(C)(C)C)CC2)cc1C(=O)Nc1cc(-c2ccccc2)ccc1C(=O)O. The highest BCUT2D eigenvalue weighted by Gasteiger charge is 2.26. The van der Waals surface area contributed by atoms with Crippen molar-refractivity contribution < 1.29 is 29.0 Å². The minimum Gasteiger partial charge on any atom is -0.493 e. The smallest absolute Gasteiger partial charge is 0.410 e. The predicted octanol–water partition coefficient (Wildman–Crippen LogP) is 6.58. The van der Waals surface area contributed by atoms with Crippen LogP contribution in [0.1, 0.15) is 66.8 Å². The molecule has 0 aromatic heterocycles. The third kappa shape index (κ3) is 9.07. The molecule has 9 nitrogen and oxygen atoms in total. The number of amides is 2. The molecule has 4 rings (SSSR count). The van der Waals surface area contributed by atoms with E-state index in [1.807, 2.05) is 69.3 Å². The van der Waals surface area contributed by atoms with E-state index in [-0.39, 0.29) is 17.3 Å². The summed E-state index contributed by atoms with van der Waals surface area (Å²) in [4.78, 5) is 42.2. The fraction of sp³-hybridized carbons (Fsp3) is 0.400. The number of rotatable bonds is 11. The number of piperazine rings is 1. The Kier molecular flexibility index (Phi) is 11.0. The molecule has 0 atom stereocenters. The summed E-state index contributed by atoms with van der Waals surface area (Å²) in [5.41, 5.74) is 2.73. The lowest BCUT2D eigenvalue weighted by Crippen LogP contribution is -2.50. The molecule has 1 heterocycles. The fourth-order valence-electron chi connectivity index (χ4n) is 4.96. The molecule has 9 heteroatoms. The monoisotopic (exact) mass is 601 g/mol. The zero-order chi connectivity index (χ0) is 31.7. The average Bonchev–Trinajstić information content (AvgIpc) is 3.00. The van der Waals surface area contributed by atoms with Gasteiger partial charge in [-0.3, -0.25) is 9.69 Å². The summed E-state index contributed by atoms with van der Waals surface area (Å²) in [6.45, 7) is 11.6. The Morgan fingerprint density at radius 2 is 1.61 bits per heavy atom. The summed E-state index contributed by atoms with van der Waals surface area (Å²) in [5, 5.41) is 12.7. The van der Waals surface area contributed by atoms with Gasteiger partial charge >= 0.3 is 12.1 Å². The first kappa shape index (κ1) is 32.5. The molecule has 0 saturated carbocycles. The van der Waals surface area contributed by atoms with Crippen molar-refractivity contribution in [1.82, 2.24) is 9.80 Å². The molecule has 234 valence electrons. The van der Waals surface area contributed by atoms with E-state index in [1.165, 1.54) is 6.07 Å². The van der Waals surface area contributed by atoms with Crippen LogP contribution in [0, 0.1) is 0 Å². The number of carboxylic acid groups (broad SMARTS) is 1. The molecule has 1 aliphatic rings. The van der Waals surface area contributed by atoms with Crippen LogP contribution >= 0.6 is 0 Å². The van der Waals surface area contributed by atoms with Gasteiger partial charge in [-0.15, -0.1) is 0 Å². The Morgan fingerprint density at radius 3 is 2.27 bits per heavy atom. The highest BCUT2D eigenvalue weighted by Crippen LogP contribution is 2.28. The number of benzene rings is 3. The fourth-order valence-corrected chi connectivity index (χ4v) is 4.96. The van der Waals surface area contributed by atoms with E-state index in [0.717, 1.165) is 49.2 Å². The van der Waals surface area contributed by atoms with Crippen LogP contribution in [-0.4, -0.2) is 77.8 Å². The van der Waals surface area contributed by atoms with Gasteiger partial charge in [0.15, 0.2) is 0 Å². The number of carbonyl (C=O) groups excluding carboxylic acids is 2. The minimum absolute atomic E-state index is 0.00756. The number of hydrogen-bond acceptors (Lipinski definition) is 6. The quantitative estimate of drug-likeness (QED) is 0.239. The molecule has 1 saturated heterocycles. The number of nitrogens with zero attached hydrogens (tertiary/aromatic N) is 2. The van der Waals surface area contributed by atoms with Gasteiger partial charge in [0.05, 0.1) is 23.4 Å². The number of nitrogens with one attached hydrogen (secondary N) is 1. The third-order valence-corrected chi connectivity index (χ3v) is 7.39. The maximum absolute atomic E-state index is 13.7. The van der Waals surface area contributed by atoms with E-state index in [4.69, 9.17) is 9.47 Å². The Labute approximate surface area is 259 Å². The van der Waals surface area contributed by atoms with Gasteiger partial charge in [-0.1, -0.05) is 55.8 Å². The zero-order valence-corrected chi connectivity index (χ0v) is 26.1. The molecule has 1 fully saturated rings. The van der Waals surface area contributed by atoms with Crippen molar-refractivity contribution in [3.8, 4) is 16.9 Å². The van der Waals surface area contributed by atoms with Gasteiger partial charge in [0.25, 0.3) is 5.91 Å². The van der Waals surface area contributed by atoms with Crippen molar-refractivity contribution >= 4 is 23.7 Å². The first-order chi connectivity index (χ1) is 21.0. The Bertz CT molecular complexity index is 1440. The second-order valence-corrected chi connectivity index (χ2v) is 12.0. The summed E-state index contributed by atoms with van der Waals surface area (Å²) >= 11 is 0. The summed E-state index contributed by atoms with van der Waals surface area (Å²) in [7, 11) is 0. The van der Waals surface area contributed by atoms with Gasteiger partial charge in [-0.2, -0.15) is 0 Å². The highest BCUT2D eigenvalue weighted by molar-refractivity contribution is 6.09. The Morgan fingerprint density at radius 1 is 0.886 bits per heavy atom. The normalized spacial score (nSPS) is 13.8. The molecule has 0 bridgehead atoms. The van der Waals surface area contributed by atoms with Crippen molar-refractivity contribution in [2.45, 2.75) is 52.6 Å². The molecule has 1 aliphatic heterocycles. The van der Waals surface area contributed by atoms with E-state index in [2.05, 4.69) is 17.1 Å². The van der Waals surface area contributed by atoms with E-state index in [9.17, 15) is 19.5 Å². The number of anilines is 1. The van der Waals surface area contributed by atoms with Crippen molar-refractivity contribution in [3.05, 3.63) is 83.4 Å². The van der Waals surface area contributed by atoms with Gasteiger partial charge in [-0.25, -0.2) is 9.59 Å². The van der Waals surface area contributed by atoms with Crippen LogP contribution in [0.2, 0.25) is 0 Å². The summed E-state index contributed by atoms with van der Waals surface area (Å²) in [6, 6.07) is 20.1. The number of unbranched alkanes of at least 4 members (excludes halogenated alkanes) is 1. The van der Waals surface area contributed by atoms with E-state index in [0.29, 0.717) is 37.4 Å². The van der Waals surface area contributed by atoms with Crippen LogP contribution in [0.3, 0.4) is 0 Å². The maximum Gasteiger partial charge on any atom is 0.410 e. The average molecular weight is 602 g/mol. The first-order valence-corrected chi connectivity index (χ1v) is 15.2. The van der Waals surface area contributed by atoms with Crippen molar-refractivity contribution in [2.75, 3.05) is 44.6 Å².